The van der Waals surface area contributed by atoms with E-state index in [4.69, 9.17) is 20.4 Å². The maximum Gasteiger partial charge on any atom is 0.586 e. The summed E-state index contributed by atoms with van der Waals surface area (Å²) >= 11 is 0. The molecule has 1 amide bonds. The van der Waals surface area contributed by atoms with Crippen LogP contribution in [-0.4, -0.2) is 51.9 Å². The van der Waals surface area contributed by atoms with Crippen LogP contribution in [0.25, 0.3) is 11.3 Å². The molecule has 10 nitrogen and oxygen atoms in total. The first-order valence-electron chi connectivity index (χ1n) is 10.7. The number of anilines is 1. The van der Waals surface area contributed by atoms with E-state index in [1.165, 1.54) is 18.2 Å². The van der Waals surface area contributed by atoms with E-state index >= 15 is 0 Å². The Morgan fingerprint density at radius 2 is 1.82 bits per heavy atom. The molecule has 2 aromatic carbocycles. The third-order valence-electron chi connectivity index (χ3n) is 4.74. The molecule has 4 rings (SSSR count). The second-order valence-electron chi connectivity index (χ2n) is 7.93. The van der Waals surface area contributed by atoms with Crippen LogP contribution in [0.1, 0.15) is 17.3 Å². The number of alkyl halides is 5. The summed E-state index contributed by atoms with van der Waals surface area (Å²) in [5, 5.41) is 14.1. The fourth-order valence-corrected chi connectivity index (χ4v) is 3.09. The topological polar surface area (TPSA) is 138 Å². The molecule has 15 heteroatoms. The van der Waals surface area contributed by atoms with Crippen LogP contribution in [0.3, 0.4) is 0 Å². The number of halogens is 5. The van der Waals surface area contributed by atoms with Gasteiger partial charge in [0, 0.05) is 36.1 Å². The van der Waals surface area contributed by atoms with E-state index in [-0.39, 0.29) is 23.1 Å². The smallest absolute Gasteiger partial charge is 0.491 e. The Hall–Kier alpha value is -4.40. The molecule has 1 aliphatic rings. The fourth-order valence-electron chi connectivity index (χ4n) is 3.09. The number of nitrogens with one attached hydrogen (secondary N) is 1. The van der Waals surface area contributed by atoms with Crippen molar-refractivity contribution in [3.8, 4) is 28.5 Å². The number of hydrogen-bond donors (Lipinski definition) is 3. The van der Waals surface area contributed by atoms with Crippen molar-refractivity contribution in [2.75, 3.05) is 11.9 Å². The minimum absolute atomic E-state index is 0.129. The number of nitrogens with two attached hydrogens (primary N) is 1. The maximum atomic E-state index is 13.2. The molecule has 1 atom stereocenters. The maximum absolute atomic E-state index is 13.2. The lowest BCUT2D eigenvalue weighted by molar-refractivity contribution is -0.286. The van der Waals surface area contributed by atoms with E-state index < -0.39 is 24.3 Å². The van der Waals surface area contributed by atoms with Gasteiger partial charge < -0.3 is 30.4 Å². The van der Waals surface area contributed by atoms with Gasteiger partial charge in [0.2, 0.25) is 0 Å². The number of benzene rings is 2. The first-order valence-corrected chi connectivity index (χ1v) is 10.7. The number of amides is 1. The number of carboxylic acids is 1. The Kier molecular flexibility index (Phi) is 8.10. The molecule has 204 valence electrons. The number of ether oxygens (including phenoxy) is 3. The molecule has 0 aliphatic carbocycles. The Balaban J connectivity index is 0.000000505. The van der Waals surface area contributed by atoms with E-state index in [9.17, 15) is 26.7 Å². The van der Waals surface area contributed by atoms with Crippen LogP contribution in [0, 0.1) is 0 Å². The second kappa shape index (κ2) is 10.9. The van der Waals surface area contributed by atoms with E-state index in [0.717, 1.165) is 5.69 Å². The quantitative estimate of drug-likeness (QED) is 0.396. The monoisotopic (exact) mass is 544 g/mol. The van der Waals surface area contributed by atoms with Crippen LogP contribution in [0.4, 0.5) is 27.6 Å². The average Bonchev–Trinajstić information content (AvgIpc) is 3.37. The summed E-state index contributed by atoms with van der Waals surface area (Å²) in [7, 11) is 1.79. The van der Waals surface area contributed by atoms with Crippen LogP contribution in [-0.2, 0) is 11.8 Å². The van der Waals surface area contributed by atoms with Gasteiger partial charge in [-0.15, -0.1) is 8.78 Å². The van der Waals surface area contributed by atoms with Gasteiger partial charge in [0.15, 0.2) is 11.5 Å². The highest BCUT2D eigenvalue weighted by molar-refractivity contribution is 6.05. The standard InChI is InChI=1S/C21H20F2N4O4.C2HF3O2/c1-12(24)11-29-17-6-4-14(10-15(17)16-7-8-25-27(16)2)26-20(28)13-3-5-18-19(9-13)31-21(22,23)30-18;3-2(4,5)1(6)7/h3-10,12H,11,24H2,1-2H3,(H,26,28);(H,6,7)/t12-;/m1./s1. The molecule has 0 saturated heterocycles. The lowest BCUT2D eigenvalue weighted by Crippen LogP contribution is -2.25. The Morgan fingerprint density at radius 1 is 1.16 bits per heavy atom. The summed E-state index contributed by atoms with van der Waals surface area (Å²) in [6.07, 6.45) is -7.18. The van der Waals surface area contributed by atoms with Crippen LogP contribution < -0.4 is 25.3 Å². The normalized spacial score (nSPS) is 14.2. The van der Waals surface area contributed by atoms with Gasteiger partial charge in [-0.05, 0) is 49.4 Å². The molecule has 0 saturated carbocycles. The lowest BCUT2D eigenvalue weighted by atomic mass is 10.1. The molecular formula is C23H21F5N4O6. The number of aliphatic carboxylic acids is 1. The van der Waals surface area contributed by atoms with Crippen LogP contribution in [0.15, 0.2) is 48.7 Å². The number of aromatic nitrogens is 2. The number of fused-ring (bicyclic) bond motifs is 1. The number of carbonyl (C=O) groups excluding carboxylic acids is 1. The third kappa shape index (κ3) is 7.09. The highest BCUT2D eigenvalue weighted by Gasteiger charge is 2.43. The zero-order valence-electron chi connectivity index (χ0n) is 19.8. The van der Waals surface area contributed by atoms with Gasteiger partial charge in [-0.2, -0.15) is 18.3 Å². The van der Waals surface area contributed by atoms with Crippen molar-refractivity contribution in [2.45, 2.75) is 25.4 Å². The summed E-state index contributed by atoms with van der Waals surface area (Å²) in [6.45, 7) is 2.15. The van der Waals surface area contributed by atoms with Crippen molar-refractivity contribution in [1.82, 2.24) is 9.78 Å². The molecule has 38 heavy (non-hydrogen) atoms. The minimum Gasteiger partial charge on any atom is -0.491 e. The van der Waals surface area contributed by atoms with Crippen molar-refractivity contribution in [3.63, 3.8) is 0 Å². The van der Waals surface area contributed by atoms with E-state index in [0.29, 0.717) is 23.6 Å². The first kappa shape index (κ1) is 28.2. The molecule has 1 aliphatic heterocycles. The predicted molar refractivity (Wildman–Crippen MR) is 122 cm³/mol. The molecule has 3 aromatic rings. The van der Waals surface area contributed by atoms with Gasteiger partial charge in [-0.1, -0.05) is 0 Å². The second-order valence-corrected chi connectivity index (χ2v) is 7.93. The van der Waals surface area contributed by atoms with Gasteiger partial charge >= 0.3 is 18.4 Å². The zero-order valence-corrected chi connectivity index (χ0v) is 19.8. The summed E-state index contributed by atoms with van der Waals surface area (Å²) in [5.41, 5.74) is 7.90. The van der Waals surface area contributed by atoms with Crippen molar-refractivity contribution in [1.29, 1.82) is 0 Å². The Morgan fingerprint density at radius 3 is 2.39 bits per heavy atom. The molecule has 0 spiro atoms. The molecule has 0 fully saturated rings. The summed E-state index contributed by atoms with van der Waals surface area (Å²) < 4.78 is 74.4. The molecule has 0 radical (unpaired) electrons. The first-order chi connectivity index (χ1) is 17.7. The molecular weight excluding hydrogens is 523 g/mol. The van der Waals surface area contributed by atoms with Gasteiger partial charge in [0.25, 0.3) is 5.91 Å². The minimum atomic E-state index is -5.08. The van der Waals surface area contributed by atoms with Crippen molar-refractivity contribution in [2.24, 2.45) is 12.8 Å². The number of carbonyl (C=O) groups is 2. The number of rotatable bonds is 6. The fraction of sp³-hybridized carbons (Fsp3) is 0.261. The van der Waals surface area contributed by atoms with Gasteiger partial charge in [-0.25, -0.2) is 4.79 Å². The molecule has 0 bridgehead atoms. The SMILES string of the molecule is C[C@@H](N)COc1ccc(NC(=O)c2ccc3c(c2)OC(F)(F)O3)cc1-c1ccnn1C.O=C(O)C(F)(F)F. The third-order valence-corrected chi connectivity index (χ3v) is 4.74. The van der Waals surface area contributed by atoms with E-state index in [1.807, 2.05) is 13.0 Å². The number of hydrogen-bond acceptors (Lipinski definition) is 7. The highest BCUT2D eigenvalue weighted by Crippen LogP contribution is 2.41. The number of aryl methyl sites for hydroxylation is 1. The summed E-state index contributed by atoms with van der Waals surface area (Å²) in [5.74, 6) is -3.00. The van der Waals surface area contributed by atoms with Gasteiger partial charge in [0.1, 0.15) is 12.4 Å². The van der Waals surface area contributed by atoms with Crippen molar-refractivity contribution in [3.05, 3.63) is 54.2 Å². The Labute approximate surface area is 211 Å². The number of carboxylic acid groups (broad SMARTS) is 1. The van der Waals surface area contributed by atoms with Crippen molar-refractivity contribution >= 4 is 17.6 Å². The molecule has 1 aromatic heterocycles. The van der Waals surface area contributed by atoms with Crippen molar-refractivity contribution < 1.29 is 50.9 Å². The highest BCUT2D eigenvalue weighted by atomic mass is 19.4. The molecule has 2 heterocycles. The van der Waals surface area contributed by atoms with Gasteiger partial charge in [-0.3, -0.25) is 9.48 Å². The predicted octanol–water partition coefficient (Wildman–Crippen LogP) is 4.02. The summed E-state index contributed by atoms with van der Waals surface area (Å²) in [4.78, 5) is 21.6. The average molecular weight is 544 g/mol. The van der Waals surface area contributed by atoms with E-state index in [1.54, 1.807) is 36.1 Å². The Bertz CT molecular complexity index is 1330. The number of nitrogens with zero attached hydrogens (tertiary/aromatic N) is 2. The zero-order chi connectivity index (χ0) is 28.3. The largest absolute Gasteiger partial charge is 0.586 e. The van der Waals surface area contributed by atoms with Crippen LogP contribution in [0.5, 0.6) is 17.2 Å². The molecule has 4 N–H and O–H groups in total. The van der Waals surface area contributed by atoms with Crippen LogP contribution in [0.2, 0.25) is 0 Å². The molecule has 0 unspecified atom stereocenters. The van der Waals surface area contributed by atoms with E-state index in [2.05, 4.69) is 19.9 Å². The van der Waals surface area contributed by atoms with Crippen LogP contribution >= 0.6 is 0 Å². The van der Waals surface area contributed by atoms with Gasteiger partial charge in [0.05, 0.1) is 5.69 Å². The lowest BCUT2D eigenvalue weighted by Gasteiger charge is -2.15. The summed E-state index contributed by atoms with van der Waals surface area (Å²) in [6, 6.07) is 10.6.